The largest absolute Gasteiger partial charge is 0.549 e. The van der Waals surface area contributed by atoms with Crippen LogP contribution in [0.3, 0.4) is 0 Å². The maximum atomic E-state index is 11.7. The van der Waals surface area contributed by atoms with E-state index >= 15 is 0 Å². The van der Waals surface area contributed by atoms with Crippen molar-refractivity contribution in [1.82, 2.24) is 0 Å². The minimum absolute atomic E-state index is 0.148. The first kappa shape index (κ1) is 12.6. The van der Waals surface area contributed by atoms with Gasteiger partial charge in [-0.05, 0) is 20.8 Å². The van der Waals surface area contributed by atoms with Crippen molar-refractivity contribution in [2.45, 2.75) is 26.4 Å². The smallest absolute Gasteiger partial charge is 0.339 e. The van der Waals surface area contributed by atoms with Gasteiger partial charge in [-0.15, -0.1) is 0 Å². The van der Waals surface area contributed by atoms with Gasteiger partial charge >= 0.3 is 7.60 Å². The van der Waals surface area contributed by atoms with Gasteiger partial charge in [0.05, 0.1) is 24.8 Å². The highest BCUT2D eigenvalue weighted by Gasteiger charge is 2.32. The van der Waals surface area contributed by atoms with E-state index < -0.39 is 19.2 Å². The van der Waals surface area contributed by atoms with Crippen molar-refractivity contribution in [1.29, 1.82) is 0 Å². The summed E-state index contributed by atoms with van der Waals surface area (Å²) in [4.78, 5) is 10.5. The lowest BCUT2D eigenvalue weighted by atomic mass is 10.5. The number of rotatable bonds is 6. The van der Waals surface area contributed by atoms with Gasteiger partial charge in [0.2, 0.25) is 0 Å². The molecule has 0 aromatic rings. The number of carboxylic acids is 1. The van der Waals surface area contributed by atoms with Gasteiger partial charge in [-0.25, -0.2) is 0 Å². The van der Waals surface area contributed by atoms with Crippen molar-refractivity contribution in [3.8, 4) is 0 Å². The molecule has 0 spiro atoms. The molecule has 6 heteroatoms. The summed E-state index contributed by atoms with van der Waals surface area (Å²) >= 11 is 0. The number of carbonyl (C=O) groups excluding carboxylic acids is 1. The van der Waals surface area contributed by atoms with Crippen LogP contribution >= 0.6 is 7.60 Å². The van der Waals surface area contributed by atoms with E-state index in [2.05, 4.69) is 0 Å². The zero-order valence-electron chi connectivity index (χ0n) is 7.98. The lowest BCUT2D eigenvalue weighted by Gasteiger charge is -2.23. The number of aliphatic carboxylic acids is 1. The lowest BCUT2D eigenvalue weighted by Crippen LogP contribution is -2.34. The monoisotopic (exact) mass is 209 g/mol. The second-order valence-corrected chi connectivity index (χ2v) is 4.74. The summed E-state index contributed by atoms with van der Waals surface area (Å²) in [6.45, 7) is 4.78. The molecule has 0 fully saturated rings. The van der Waals surface area contributed by atoms with Crippen molar-refractivity contribution < 1.29 is 23.5 Å². The van der Waals surface area contributed by atoms with Gasteiger partial charge in [-0.1, -0.05) is 0 Å². The van der Waals surface area contributed by atoms with E-state index in [4.69, 9.17) is 9.05 Å². The van der Waals surface area contributed by atoms with Crippen LogP contribution in [0.5, 0.6) is 0 Å². The summed E-state index contributed by atoms with van der Waals surface area (Å²) < 4.78 is 21.3. The van der Waals surface area contributed by atoms with Gasteiger partial charge in [-0.3, -0.25) is 4.57 Å². The van der Waals surface area contributed by atoms with Crippen molar-refractivity contribution in [3.05, 3.63) is 0 Å². The minimum atomic E-state index is -3.53. The van der Waals surface area contributed by atoms with Crippen LogP contribution in [0.4, 0.5) is 0 Å². The van der Waals surface area contributed by atoms with E-state index in [0.717, 1.165) is 0 Å². The second-order valence-electron chi connectivity index (χ2n) is 2.37. The molecule has 13 heavy (non-hydrogen) atoms. The molecular formula is C7H14O5P-. The summed E-state index contributed by atoms with van der Waals surface area (Å²) in [5, 5.41) is 10.5. The first-order valence-corrected chi connectivity index (χ1v) is 5.68. The van der Waals surface area contributed by atoms with Crippen LogP contribution in [0.25, 0.3) is 0 Å². The summed E-state index contributed by atoms with van der Waals surface area (Å²) in [5.41, 5.74) is -1.23. The third-order valence-corrected chi connectivity index (χ3v) is 3.83. The zero-order valence-corrected chi connectivity index (χ0v) is 8.87. The molecule has 0 aliphatic rings. The Hall–Kier alpha value is -0.380. The van der Waals surface area contributed by atoms with Crippen molar-refractivity contribution in [2.24, 2.45) is 0 Å². The SMILES string of the molecule is CCOP(=O)(OCC)C(C)C(=O)[O-]. The Balaban J connectivity index is 4.57. The Morgan fingerprint density at radius 3 is 2.00 bits per heavy atom. The lowest BCUT2D eigenvalue weighted by molar-refractivity contribution is -0.305. The van der Waals surface area contributed by atoms with Crippen LogP contribution in [-0.2, 0) is 18.4 Å². The fraction of sp³-hybridized carbons (Fsp3) is 0.857. The highest BCUT2D eigenvalue weighted by molar-refractivity contribution is 7.55. The summed E-state index contributed by atoms with van der Waals surface area (Å²) in [5.74, 6) is -1.43. The molecule has 0 amide bonds. The third kappa shape index (κ3) is 3.46. The maximum Gasteiger partial charge on any atom is 0.339 e. The minimum Gasteiger partial charge on any atom is -0.549 e. The Morgan fingerprint density at radius 1 is 1.38 bits per heavy atom. The van der Waals surface area contributed by atoms with Gasteiger partial charge in [-0.2, -0.15) is 0 Å². The second kappa shape index (κ2) is 5.37. The molecule has 0 saturated heterocycles. The molecule has 0 radical (unpaired) electrons. The standard InChI is InChI=1S/C7H15O5P/c1-4-11-13(10,12-5-2)6(3)7(8)9/h6H,4-5H2,1-3H3,(H,8,9)/p-1. The molecule has 0 N–H and O–H groups in total. The molecule has 0 aliphatic heterocycles. The van der Waals surface area contributed by atoms with Crippen LogP contribution in [0.15, 0.2) is 0 Å². The molecule has 5 nitrogen and oxygen atoms in total. The van der Waals surface area contributed by atoms with E-state index in [1.807, 2.05) is 0 Å². The van der Waals surface area contributed by atoms with Gasteiger partial charge in [0.25, 0.3) is 0 Å². The maximum absolute atomic E-state index is 11.7. The van der Waals surface area contributed by atoms with Crippen LogP contribution in [0.1, 0.15) is 20.8 Å². The quantitative estimate of drug-likeness (QED) is 0.591. The van der Waals surface area contributed by atoms with Gasteiger partial charge < -0.3 is 18.9 Å². The average Bonchev–Trinajstić information content (AvgIpc) is 2.03. The molecule has 0 aromatic carbocycles. The topological polar surface area (TPSA) is 75.7 Å². The van der Waals surface area contributed by atoms with E-state index in [1.165, 1.54) is 6.92 Å². The van der Waals surface area contributed by atoms with E-state index in [1.54, 1.807) is 13.8 Å². The van der Waals surface area contributed by atoms with Crippen LogP contribution < -0.4 is 5.11 Å². The number of hydrogen-bond donors (Lipinski definition) is 0. The van der Waals surface area contributed by atoms with Gasteiger partial charge in [0.15, 0.2) is 0 Å². The Bertz CT molecular complexity index is 205. The normalized spacial score (nSPS) is 14.1. The number of carbonyl (C=O) groups is 1. The average molecular weight is 209 g/mol. The van der Waals surface area contributed by atoms with Gasteiger partial charge in [0.1, 0.15) is 0 Å². The van der Waals surface area contributed by atoms with E-state index in [-0.39, 0.29) is 13.2 Å². The fourth-order valence-electron chi connectivity index (χ4n) is 0.750. The van der Waals surface area contributed by atoms with Gasteiger partial charge in [0, 0.05) is 0 Å². The molecule has 78 valence electrons. The predicted molar refractivity (Wildman–Crippen MR) is 45.3 cm³/mol. The molecule has 0 rings (SSSR count). The number of carboxylic acid groups (broad SMARTS) is 1. The van der Waals surface area contributed by atoms with Crippen molar-refractivity contribution in [2.75, 3.05) is 13.2 Å². The fourth-order valence-corrected chi connectivity index (χ4v) is 2.25. The first-order valence-electron chi connectivity index (χ1n) is 4.07. The van der Waals surface area contributed by atoms with Crippen LogP contribution in [0, 0.1) is 0 Å². The van der Waals surface area contributed by atoms with E-state index in [0.29, 0.717) is 0 Å². The summed E-state index contributed by atoms with van der Waals surface area (Å²) in [6, 6.07) is 0. The summed E-state index contributed by atoms with van der Waals surface area (Å²) in [7, 11) is -3.53. The third-order valence-electron chi connectivity index (χ3n) is 1.43. The molecule has 0 aliphatic carbocycles. The Morgan fingerprint density at radius 2 is 1.77 bits per heavy atom. The molecule has 0 bridgehead atoms. The summed E-state index contributed by atoms with van der Waals surface area (Å²) in [6.07, 6.45) is 0. The van der Waals surface area contributed by atoms with Crippen LogP contribution in [0.2, 0.25) is 0 Å². The molecule has 1 unspecified atom stereocenters. The zero-order chi connectivity index (χ0) is 10.5. The number of hydrogen-bond acceptors (Lipinski definition) is 5. The first-order chi connectivity index (χ1) is 5.98. The molecule has 0 aromatic heterocycles. The predicted octanol–water partition coefficient (Wildman–Crippen LogP) is 0.391. The molecule has 1 atom stereocenters. The van der Waals surface area contributed by atoms with E-state index in [9.17, 15) is 14.5 Å². The highest BCUT2D eigenvalue weighted by atomic mass is 31.2. The highest BCUT2D eigenvalue weighted by Crippen LogP contribution is 2.52. The molecule has 0 heterocycles. The Labute approximate surface area is 77.6 Å². The van der Waals surface area contributed by atoms with Crippen molar-refractivity contribution in [3.63, 3.8) is 0 Å². The Kier molecular flexibility index (Phi) is 5.21. The van der Waals surface area contributed by atoms with Crippen LogP contribution in [-0.4, -0.2) is 24.8 Å². The molecule has 0 saturated carbocycles. The molecular weight excluding hydrogens is 195 g/mol. The van der Waals surface area contributed by atoms with Crippen molar-refractivity contribution >= 4 is 13.6 Å².